The fourth-order valence-corrected chi connectivity index (χ4v) is 4.27. The van der Waals surface area contributed by atoms with E-state index in [0.717, 1.165) is 12.0 Å². The first-order chi connectivity index (χ1) is 10.4. The first-order valence-corrected chi connectivity index (χ1v) is 10.2. The molecular weight excluding hydrogens is 254 g/mol. The lowest BCUT2D eigenvalue weighted by Gasteiger charge is -2.24. The predicted octanol–water partition coefficient (Wildman–Crippen LogP) is 6.22. The third-order valence-electron chi connectivity index (χ3n) is 5.78. The first-order valence-electron chi connectivity index (χ1n) is 10.2. The Morgan fingerprint density at radius 1 is 0.476 bits per heavy atom. The third kappa shape index (κ3) is 8.24. The van der Waals surface area contributed by atoms with Crippen molar-refractivity contribution in [1.82, 2.24) is 5.32 Å². The van der Waals surface area contributed by atoms with Gasteiger partial charge in [0.2, 0.25) is 0 Å². The van der Waals surface area contributed by atoms with Crippen molar-refractivity contribution in [2.45, 2.75) is 115 Å². The van der Waals surface area contributed by atoms with Crippen molar-refractivity contribution in [1.29, 1.82) is 0 Å². The van der Waals surface area contributed by atoms with E-state index in [1.54, 1.807) is 0 Å². The Morgan fingerprint density at radius 2 is 0.857 bits per heavy atom. The highest BCUT2D eigenvalue weighted by Crippen LogP contribution is 2.22. The van der Waals surface area contributed by atoms with Crippen LogP contribution in [0, 0.1) is 5.92 Å². The fraction of sp³-hybridized carbons (Fsp3) is 1.00. The quantitative estimate of drug-likeness (QED) is 0.651. The summed E-state index contributed by atoms with van der Waals surface area (Å²) < 4.78 is 0. The molecule has 1 heteroatoms. The van der Waals surface area contributed by atoms with Gasteiger partial charge >= 0.3 is 0 Å². The van der Waals surface area contributed by atoms with Gasteiger partial charge in [0.25, 0.3) is 0 Å². The van der Waals surface area contributed by atoms with E-state index in [2.05, 4.69) is 5.32 Å². The molecular formula is C20H39N. The molecule has 2 rings (SSSR count). The third-order valence-corrected chi connectivity index (χ3v) is 5.78. The normalized spacial score (nSPS) is 25.7. The van der Waals surface area contributed by atoms with Crippen LogP contribution in [0.2, 0.25) is 0 Å². The monoisotopic (exact) mass is 293 g/mol. The van der Waals surface area contributed by atoms with Crippen molar-refractivity contribution in [2.24, 2.45) is 5.92 Å². The molecule has 0 aromatic rings. The molecule has 0 unspecified atom stereocenters. The second-order valence-electron chi connectivity index (χ2n) is 7.72. The van der Waals surface area contributed by atoms with Crippen LogP contribution in [-0.2, 0) is 0 Å². The van der Waals surface area contributed by atoms with Crippen LogP contribution in [-0.4, -0.2) is 12.6 Å². The zero-order chi connectivity index (χ0) is 14.6. The van der Waals surface area contributed by atoms with Crippen LogP contribution >= 0.6 is 0 Å². The fourth-order valence-electron chi connectivity index (χ4n) is 4.27. The van der Waals surface area contributed by atoms with E-state index >= 15 is 0 Å². The smallest absolute Gasteiger partial charge is 0.00671 e. The van der Waals surface area contributed by atoms with Gasteiger partial charge in [-0.05, 0) is 38.1 Å². The Morgan fingerprint density at radius 3 is 1.33 bits per heavy atom. The summed E-state index contributed by atoms with van der Waals surface area (Å²) in [5, 5.41) is 3.97. The van der Waals surface area contributed by atoms with Crippen LogP contribution in [0.4, 0.5) is 0 Å². The maximum absolute atomic E-state index is 3.97. The molecule has 0 aliphatic heterocycles. The highest BCUT2D eigenvalue weighted by atomic mass is 14.9. The second-order valence-corrected chi connectivity index (χ2v) is 7.72. The van der Waals surface area contributed by atoms with Crippen molar-refractivity contribution in [3.05, 3.63) is 0 Å². The number of hydrogen-bond acceptors (Lipinski definition) is 1. The molecule has 21 heavy (non-hydrogen) atoms. The molecule has 2 aliphatic rings. The van der Waals surface area contributed by atoms with E-state index < -0.39 is 0 Å². The Labute approximate surface area is 133 Å². The maximum Gasteiger partial charge on any atom is 0.00671 e. The molecule has 0 saturated heterocycles. The average Bonchev–Trinajstić information content (AvgIpc) is 2.65. The van der Waals surface area contributed by atoms with Crippen molar-refractivity contribution >= 4 is 0 Å². The number of rotatable bonds is 3. The lowest BCUT2D eigenvalue weighted by Crippen LogP contribution is -2.33. The number of nitrogens with one attached hydrogen (secondary N) is 1. The zero-order valence-corrected chi connectivity index (χ0v) is 14.4. The summed E-state index contributed by atoms with van der Waals surface area (Å²) in [6.45, 7) is 1.31. The average molecular weight is 294 g/mol. The van der Waals surface area contributed by atoms with E-state index in [9.17, 15) is 0 Å². The molecule has 1 nitrogen and oxygen atoms in total. The van der Waals surface area contributed by atoms with Gasteiger partial charge in [0, 0.05) is 6.04 Å². The molecule has 2 saturated carbocycles. The van der Waals surface area contributed by atoms with E-state index in [1.807, 2.05) is 0 Å². The van der Waals surface area contributed by atoms with E-state index in [0.29, 0.717) is 0 Å². The topological polar surface area (TPSA) is 12.0 Å². The van der Waals surface area contributed by atoms with Crippen LogP contribution in [0.3, 0.4) is 0 Å². The molecule has 0 aromatic carbocycles. The molecule has 0 amide bonds. The Balaban J connectivity index is 1.67. The summed E-state index contributed by atoms with van der Waals surface area (Å²) in [5.41, 5.74) is 0. The first kappa shape index (κ1) is 17.3. The Bertz CT molecular complexity index is 218. The van der Waals surface area contributed by atoms with Crippen LogP contribution < -0.4 is 5.32 Å². The highest BCUT2D eigenvalue weighted by Gasteiger charge is 2.14. The van der Waals surface area contributed by atoms with Crippen LogP contribution in [0.5, 0.6) is 0 Å². The second kappa shape index (κ2) is 11.5. The SMILES string of the molecule is C1CCCCC(CNC2CCCCCCCC2)CCCC1. The predicted molar refractivity (Wildman–Crippen MR) is 93.8 cm³/mol. The lowest BCUT2D eigenvalue weighted by atomic mass is 9.91. The summed E-state index contributed by atoms with van der Waals surface area (Å²) in [6, 6.07) is 0.832. The Hall–Kier alpha value is -0.0400. The maximum atomic E-state index is 3.97. The summed E-state index contributed by atoms with van der Waals surface area (Å²) in [6.07, 6.45) is 25.1. The standard InChI is InChI=1S/C20H39N/c1-2-6-10-14-19(15-11-7-3-1)18-21-20-16-12-8-4-5-9-13-17-20/h19-21H,1-18H2. The van der Waals surface area contributed by atoms with Crippen molar-refractivity contribution in [3.8, 4) is 0 Å². The van der Waals surface area contributed by atoms with E-state index in [1.165, 1.54) is 116 Å². The number of hydrogen-bond donors (Lipinski definition) is 1. The largest absolute Gasteiger partial charge is 0.314 e. The van der Waals surface area contributed by atoms with Crippen molar-refractivity contribution in [3.63, 3.8) is 0 Å². The lowest BCUT2D eigenvalue weighted by molar-refractivity contribution is 0.336. The minimum Gasteiger partial charge on any atom is -0.314 e. The minimum atomic E-state index is 0.832. The zero-order valence-electron chi connectivity index (χ0n) is 14.4. The summed E-state index contributed by atoms with van der Waals surface area (Å²) in [4.78, 5) is 0. The minimum absolute atomic E-state index is 0.832. The van der Waals surface area contributed by atoms with Crippen molar-refractivity contribution in [2.75, 3.05) is 6.54 Å². The van der Waals surface area contributed by atoms with Gasteiger partial charge < -0.3 is 5.32 Å². The highest BCUT2D eigenvalue weighted by molar-refractivity contribution is 4.72. The van der Waals surface area contributed by atoms with Gasteiger partial charge in [-0.3, -0.25) is 0 Å². The Kier molecular flexibility index (Phi) is 9.50. The van der Waals surface area contributed by atoms with E-state index in [4.69, 9.17) is 0 Å². The van der Waals surface area contributed by atoms with Gasteiger partial charge in [-0.2, -0.15) is 0 Å². The molecule has 0 spiro atoms. The molecule has 0 aromatic heterocycles. The molecule has 2 fully saturated rings. The van der Waals surface area contributed by atoms with Gasteiger partial charge in [-0.25, -0.2) is 0 Å². The molecule has 1 N–H and O–H groups in total. The van der Waals surface area contributed by atoms with Gasteiger partial charge in [0.1, 0.15) is 0 Å². The molecule has 0 atom stereocenters. The molecule has 0 radical (unpaired) electrons. The van der Waals surface area contributed by atoms with Gasteiger partial charge in [-0.1, -0.05) is 83.5 Å². The molecule has 124 valence electrons. The van der Waals surface area contributed by atoms with Crippen LogP contribution in [0.15, 0.2) is 0 Å². The van der Waals surface area contributed by atoms with Crippen LogP contribution in [0.25, 0.3) is 0 Å². The summed E-state index contributed by atoms with van der Waals surface area (Å²) >= 11 is 0. The summed E-state index contributed by atoms with van der Waals surface area (Å²) in [7, 11) is 0. The molecule has 2 aliphatic carbocycles. The summed E-state index contributed by atoms with van der Waals surface area (Å²) in [5.74, 6) is 0.968. The molecule has 0 heterocycles. The van der Waals surface area contributed by atoms with Gasteiger partial charge in [0.05, 0.1) is 0 Å². The van der Waals surface area contributed by atoms with Crippen LogP contribution in [0.1, 0.15) is 109 Å². The van der Waals surface area contributed by atoms with Gasteiger partial charge in [-0.15, -0.1) is 0 Å². The van der Waals surface area contributed by atoms with Crippen molar-refractivity contribution < 1.29 is 0 Å². The molecule has 0 bridgehead atoms. The van der Waals surface area contributed by atoms with E-state index in [-0.39, 0.29) is 0 Å². The van der Waals surface area contributed by atoms with Gasteiger partial charge in [0.15, 0.2) is 0 Å².